The highest BCUT2D eigenvalue weighted by Crippen LogP contribution is 2.09. The molecule has 0 saturated heterocycles. The van der Waals surface area contributed by atoms with E-state index >= 15 is 0 Å². The van der Waals surface area contributed by atoms with E-state index in [0.29, 0.717) is 0 Å². The number of hydrogen-bond donors (Lipinski definition) is 1. The van der Waals surface area contributed by atoms with Crippen LogP contribution in [0.1, 0.15) is 64.7 Å². The van der Waals surface area contributed by atoms with E-state index in [4.69, 9.17) is 5.11 Å². The third kappa shape index (κ3) is 16.8. The fourth-order valence-corrected chi connectivity index (χ4v) is 1.88. The van der Waals surface area contributed by atoms with E-state index < -0.39 is 0 Å². The van der Waals surface area contributed by atoms with Gasteiger partial charge in [-0.15, -0.1) is 0 Å². The lowest BCUT2D eigenvalue weighted by Crippen LogP contribution is -1.79. The lowest BCUT2D eigenvalue weighted by Gasteiger charge is -1.99. The Kier molecular flexibility index (Phi) is 15.7. The molecule has 1 heteroatoms. The molecule has 19 heavy (non-hydrogen) atoms. The second kappa shape index (κ2) is 16.8. The molecule has 0 bridgehead atoms. The monoisotopic (exact) mass is 262 g/mol. The first-order valence-electron chi connectivity index (χ1n) is 7.71. The predicted octanol–water partition coefficient (Wildman–Crippen LogP) is 6.26. The van der Waals surface area contributed by atoms with Crippen molar-refractivity contribution in [1.82, 2.24) is 0 Å². The fraction of sp³-hybridized carbons (Fsp3) is 0.556. The van der Waals surface area contributed by atoms with Gasteiger partial charge in [-0.3, -0.25) is 0 Å². The minimum atomic E-state index is 1.03. The standard InChI is InChI=1S/C18H30O/c1-2-3-4-5-6-7-8-9-10-11-12-13-14-15-16-17-18-19/h11-19H,2-10H2,1H3/b12-11+,14-13+,16-15+,18-17+. The number of aliphatic hydroxyl groups excluding tert-OH is 1. The average molecular weight is 262 g/mol. The van der Waals surface area contributed by atoms with Gasteiger partial charge in [0.05, 0.1) is 6.26 Å². The van der Waals surface area contributed by atoms with Crippen molar-refractivity contribution in [3.8, 4) is 0 Å². The third-order valence-electron chi connectivity index (χ3n) is 3.00. The summed E-state index contributed by atoms with van der Waals surface area (Å²) in [6.07, 6.45) is 26.8. The van der Waals surface area contributed by atoms with Gasteiger partial charge in [0.25, 0.3) is 0 Å². The molecular weight excluding hydrogens is 232 g/mol. The molecule has 0 radical (unpaired) electrons. The molecule has 0 aliphatic carbocycles. The first-order chi connectivity index (χ1) is 9.41. The molecule has 0 amide bonds. The Morgan fingerprint density at radius 2 is 1.16 bits per heavy atom. The van der Waals surface area contributed by atoms with E-state index in [1.165, 1.54) is 57.8 Å². The lowest BCUT2D eigenvalue weighted by molar-refractivity contribution is 0.474. The Balaban J connectivity index is 3.25. The van der Waals surface area contributed by atoms with Crippen molar-refractivity contribution in [1.29, 1.82) is 0 Å². The minimum absolute atomic E-state index is 1.03. The number of allylic oxidation sites excluding steroid dienone is 7. The number of hydrogen-bond acceptors (Lipinski definition) is 1. The van der Waals surface area contributed by atoms with Crippen LogP contribution in [-0.4, -0.2) is 5.11 Å². The Hall–Kier alpha value is -1.24. The summed E-state index contributed by atoms with van der Waals surface area (Å²) in [6.45, 7) is 2.26. The van der Waals surface area contributed by atoms with Crippen molar-refractivity contribution in [3.05, 3.63) is 48.8 Å². The molecule has 1 N–H and O–H groups in total. The first kappa shape index (κ1) is 17.8. The molecule has 0 aromatic carbocycles. The highest BCUT2D eigenvalue weighted by molar-refractivity contribution is 5.14. The topological polar surface area (TPSA) is 20.2 Å². The van der Waals surface area contributed by atoms with Crippen molar-refractivity contribution < 1.29 is 5.11 Å². The molecule has 0 fully saturated rings. The van der Waals surface area contributed by atoms with Gasteiger partial charge >= 0.3 is 0 Å². The molecule has 0 rings (SSSR count). The van der Waals surface area contributed by atoms with Gasteiger partial charge in [0.2, 0.25) is 0 Å². The van der Waals surface area contributed by atoms with Crippen LogP contribution in [0.3, 0.4) is 0 Å². The average Bonchev–Trinajstić information content (AvgIpc) is 2.43. The molecule has 0 aromatic rings. The summed E-state index contributed by atoms with van der Waals surface area (Å²) >= 11 is 0. The molecule has 108 valence electrons. The zero-order valence-electron chi connectivity index (χ0n) is 12.4. The quantitative estimate of drug-likeness (QED) is 0.250. The van der Waals surface area contributed by atoms with Crippen LogP contribution in [0, 0.1) is 0 Å². The van der Waals surface area contributed by atoms with Crippen LogP contribution in [0.4, 0.5) is 0 Å². The number of aliphatic hydroxyl groups is 1. The molecule has 0 aliphatic heterocycles. The highest BCUT2D eigenvalue weighted by atomic mass is 16.2. The van der Waals surface area contributed by atoms with Crippen molar-refractivity contribution in [2.45, 2.75) is 64.7 Å². The summed E-state index contributed by atoms with van der Waals surface area (Å²) in [6, 6.07) is 0. The molecule has 1 nitrogen and oxygen atoms in total. The van der Waals surface area contributed by atoms with Gasteiger partial charge in [-0.2, -0.15) is 0 Å². The maximum absolute atomic E-state index is 8.40. The van der Waals surface area contributed by atoms with Crippen LogP contribution < -0.4 is 0 Å². The molecule has 0 heterocycles. The van der Waals surface area contributed by atoms with Gasteiger partial charge in [-0.25, -0.2) is 0 Å². The molecule has 0 unspecified atom stereocenters. The van der Waals surface area contributed by atoms with Crippen LogP contribution in [-0.2, 0) is 0 Å². The van der Waals surface area contributed by atoms with Gasteiger partial charge in [0.15, 0.2) is 0 Å². The van der Waals surface area contributed by atoms with E-state index in [-0.39, 0.29) is 0 Å². The molecule has 0 spiro atoms. The molecule has 0 aliphatic rings. The number of rotatable bonds is 12. The van der Waals surface area contributed by atoms with E-state index in [1.54, 1.807) is 12.2 Å². The van der Waals surface area contributed by atoms with Crippen molar-refractivity contribution >= 4 is 0 Å². The summed E-state index contributed by atoms with van der Waals surface area (Å²) in [5.74, 6) is 0. The lowest BCUT2D eigenvalue weighted by atomic mass is 10.1. The van der Waals surface area contributed by atoms with Crippen molar-refractivity contribution in [2.75, 3.05) is 0 Å². The summed E-state index contributed by atoms with van der Waals surface area (Å²) in [7, 11) is 0. The summed E-state index contributed by atoms with van der Waals surface area (Å²) in [5, 5.41) is 8.40. The van der Waals surface area contributed by atoms with Gasteiger partial charge < -0.3 is 5.11 Å². The van der Waals surface area contributed by atoms with Crippen LogP contribution in [0.25, 0.3) is 0 Å². The van der Waals surface area contributed by atoms with Crippen molar-refractivity contribution in [2.24, 2.45) is 0 Å². The Morgan fingerprint density at radius 3 is 1.79 bits per heavy atom. The summed E-state index contributed by atoms with van der Waals surface area (Å²) in [4.78, 5) is 0. The van der Waals surface area contributed by atoms with Gasteiger partial charge in [-0.05, 0) is 18.9 Å². The zero-order valence-corrected chi connectivity index (χ0v) is 12.4. The summed E-state index contributed by atoms with van der Waals surface area (Å²) < 4.78 is 0. The normalized spacial score (nSPS) is 12.7. The molecule has 0 saturated carbocycles. The SMILES string of the molecule is CCCCCCCCCC/C=C/C=C/C=C/C=C/O. The molecule has 0 aromatic heterocycles. The number of unbranched alkanes of at least 4 members (excludes halogenated alkanes) is 8. The van der Waals surface area contributed by atoms with Gasteiger partial charge in [0, 0.05) is 0 Å². The molecule has 0 atom stereocenters. The van der Waals surface area contributed by atoms with Gasteiger partial charge in [-0.1, -0.05) is 88.3 Å². The summed E-state index contributed by atoms with van der Waals surface area (Å²) in [5.41, 5.74) is 0. The first-order valence-corrected chi connectivity index (χ1v) is 7.71. The Morgan fingerprint density at radius 1 is 0.632 bits per heavy atom. The zero-order chi connectivity index (χ0) is 14.0. The minimum Gasteiger partial charge on any atom is -0.516 e. The third-order valence-corrected chi connectivity index (χ3v) is 3.00. The second-order valence-electron chi connectivity index (χ2n) is 4.80. The van der Waals surface area contributed by atoms with E-state index in [0.717, 1.165) is 6.26 Å². The van der Waals surface area contributed by atoms with E-state index in [2.05, 4.69) is 19.1 Å². The Labute approximate surface area is 119 Å². The van der Waals surface area contributed by atoms with E-state index in [1.807, 2.05) is 18.2 Å². The Bertz CT molecular complexity index is 271. The van der Waals surface area contributed by atoms with Crippen LogP contribution in [0.15, 0.2) is 48.8 Å². The predicted molar refractivity (Wildman–Crippen MR) is 86.4 cm³/mol. The van der Waals surface area contributed by atoms with Gasteiger partial charge in [0.1, 0.15) is 0 Å². The van der Waals surface area contributed by atoms with Crippen LogP contribution >= 0.6 is 0 Å². The highest BCUT2D eigenvalue weighted by Gasteiger charge is 1.89. The maximum Gasteiger partial charge on any atom is 0.0791 e. The largest absolute Gasteiger partial charge is 0.516 e. The van der Waals surface area contributed by atoms with E-state index in [9.17, 15) is 0 Å². The van der Waals surface area contributed by atoms with Crippen molar-refractivity contribution in [3.63, 3.8) is 0 Å². The smallest absolute Gasteiger partial charge is 0.0791 e. The second-order valence-corrected chi connectivity index (χ2v) is 4.80. The fourth-order valence-electron chi connectivity index (χ4n) is 1.88. The van der Waals surface area contributed by atoms with Crippen LogP contribution in [0.2, 0.25) is 0 Å². The maximum atomic E-state index is 8.40. The van der Waals surface area contributed by atoms with Crippen LogP contribution in [0.5, 0.6) is 0 Å². The molecular formula is C18H30O.